The molecule has 21 heavy (non-hydrogen) atoms. The maximum atomic E-state index is 12.0. The summed E-state index contributed by atoms with van der Waals surface area (Å²) in [5, 5.41) is 0. The minimum absolute atomic E-state index is 0.0379. The van der Waals surface area contributed by atoms with Crippen molar-refractivity contribution in [1.82, 2.24) is 0 Å². The molecule has 2 aliphatic rings. The fourth-order valence-electron chi connectivity index (χ4n) is 3.14. The first-order valence-electron chi connectivity index (χ1n) is 7.48. The van der Waals surface area contributed by atoms with Gasteiger partial charge in [0, 0.05) is 19.3 Å². The maximum Gasteiger partial charge on any atom is 0.150 e. The molecule has 1 aromatic carbocycles. The highest BCUT2D eigenvalue weighted by atomic mass is 32.2. The average molecular weight is 308 g/mol. The van der Waals surface area contributed by atoms with Crippen LogP contribution in [0.4, 0.5) is 0 Å². The summed E-state index contributed by atoms with van der Waals surface area (Å²) in [6.45, 7) is 0.744. The van der Waals surface area contributed by atoms with Crippen LogP contribution in [0.15, 0.2) is 18.2 Å². The number of ketones is 1. The molecular weight excluding hydrogens is 288 g/mol. The van der Waals surface area contributed by atoms with Gasteiger partial charge in [-0.15, -0.1) is 0 Å². The number of carbonyl (C=O) groups excluding carboxylic acids is 1. The Morgan fingerprint density at radius 2 is 2.19 bits per heavy atom. The van der Waals surface area contributed by atoms with Gasteiger partial charge in [0.2, 0.25) is 0 Å². The lowest BCUT2D eigenvalue weighted by Crippen LogP contribution is -2.11. The smallest absolute Gasteiger partial charge is 0.150 e. The third-order valence-corrected chi connectivity index (χ3v) is 6.13. The molecule has 1 atom stereocenters. The zero-order chi connectivity index (χ0) is 14.9. The maximum absolute atomic E-state index is 12.0. The molecule has 4 nitrogen and oxygen atoms in total. The minimum Gasteiger partial charge on any atom is -0.493 e. The van der Waals surface area contributed by atoms with Crippen LogP contribution in [0.2, 0.25) is 0 Å². The van der Waals surface area contributed by atoms with Crippen LogP contribution in [0.25, 0.3) is 0 Å². The largest absolute Gasteiger partial charge is 0.493 e. The third-order valence-electron chi connectivity index (χ3n) is 4.29. The molecule has 0 aliphatic carbocycles. The van der Waals surface area contributed by atoms with E-state index in [1.807, 2.05) is 12.1 Å². The van der Waals surface area contributed by atoms with Crippen molar-refractivity contribution >= 4 is 15.6 Å². The molecule has 0 bridgehead atoms. The highest BCUT2D eigenvalue weighted by Gasteiger charge is 2.29. The second kappa shape index (κ2) is 5.79. The summed E-state index contributed by atoms with van der Waals surface area (Å²) in [6, 6.07) is 6.11. The molecule has 1 aromatic rings. The Balaban J connectivity index is 1.50. The van der Waals surface area contributed by atoms with Crippen LogP contribution in [0.1, 0.15) is 30.4 Å². The van der Waals surface area contributed by atoms with Crippen LogP contribution in [-0.2, 0) is 27.5 Å². The molecular formula is C16H20O4S. The molecule has 0 spiro atoms. The third kappa shape index (κ3) is 3.64. The van der Waals surface area contributed by atoms with Crippen molar-refractivity contribution in [2.75, 3.05) is 18.1 Å². The highest BCUT2D eigenvalue weighted by molar-refractivity contribution is 7.91. The molecule has 1 unspecified atom stereocenters. The molecule has 1 saturated heterocycles. The van der Waals surface area contributed by atoms with E-state index in [0.717, 1.165) is 30.8 Å². The fourth-order valence-corrected chi connectivity index (χ4v) is 5.00. The topological polar surface area (TPSA) is 60.4 Å². The van der Waals surface area contributed by atoms with Crippen molar-refractivity contribution in [3.8, 4) is 5.75 Å². The van der Waals surface area contributed by atoms with E-state index in [9.17, 15) is 13.2 Å². The van der Waals surface area contributed by atoms with Crippen LogP contribution in [0, 0.1) is 5.92 Å². The van der Waals surface area contributed by atoms with Gasteiger partial charge in [-0.25, -0.2) is 8.42 Å². The van der Waals surface area contributed by atoms with Crippen LogP contribution < -0.4 is 4.74 Å². The van der Waals surface area contributed by atoms with E-state index >= 15 is 0 Å². The van der Waals surface area contributed by atoms with E-state index in [-0.39, 0.29) is 23.2 Å². The van der Waals surface area contributed by atoms with E-state index in [2.05, 4.69) is 6.07 Å². The SMILES string of the molecule is O=C(CCc1ccc2c(c1)CCO2)CC1CCS(=O)(=O)C1. The van der Waals surface area contributed by atoms with Gasteiger partial charge in [-0.3, -0.25) is 4.79 Å². The van der Waals surface area contributed by atoms with Gasteiger partial charge in [0.25, 0.3) is 0 Å². The van der Waals surface area contributed by atoms with Crippen molar-refractivity contribution in [2.24, 2.45) is 5.92 Å². The van der Waals surface area contributed by atoms with Gasteiger partial charge in [0.15, 0.2) is 9.84 Å². The monoisotopic (exact) mass is 308 g/mol. The molecule has 2 heterocycles. The standard InChI is InChI=1S/C16H20O4S/c17-15(10-13-6-8-21(18,19)11-13)3-1-12-2-4-16-14(9-12)5-7-20-16/h2,4,9,13H,1,3,5-8,10-11H2. The summed E-state index contributed by atoms with van der Waals surface area (Å²) in [7, 11) is -2.88. The molecule has 2 aliphatic heterocycles. The van der Waals surface area contributed by atoms with Crippen LogP contribution in [0.3, 0.4) is 0 Å². The van der Waals surface area contributed by atoms with E-state index in [0.29, 0.717) is 19.3 Å². The number of hydrogen-bond donors (Lipinski definition) is 0. The van der Waals surface area contributed by atoms with Crippen molar-refractivity contribution in [3.63, 3.8) is 0 Å². The quantitative estimate of drug-likeness (QED) is 0.834. The zero-order valence-electron chi connectivity index (χ0n) is 12.0. The number of fused-ring (bicyclic) bond motifs is 1. The number of carbonyl (C=O) groups is 1. The van der Waals surface area contributed by atoms with Crippen LogP contribution in [0.5, 0.6) is 5.75 Å². The zero-order valence-corrected chi connectivity index (χ0v) is 12.8. The van der Waals surface area contributed by atoms with Gasteiger partial charge < -0.3 is 4.74 Å². The summed E-state index contributed by atoms with van der Waals surface area (Å²) in [5.74, 6) is 1.61. The van der Waals surface area contributed by atoms with Crippen molar-refractivity contribution in [3.05, 3.63) is 29.3 Å². The van der Waals surface area contributed by atoms with Gasteiger partial charge in [-0.2, -0.15) is 0 Å². The van der Waals surface area contributed by atoms with Crippen LogP contribution in [-0.4, -0.2) is 32.3 Å². The summed E-state index contributed by atoms with van der Waals surface area (Å²) in [4.78, 5) is 12.0. The average Bonchev–Trinajstić information content (AvgIpc) is 3.02. The van der Waals surface area contributed by atoms with Gasteiger partial charge in [-0.1, -0.05) is 12.1 Å². The molecule has 114 valence electrons. The fraction of sp³-hybridized carbons (Fsp3) is 0.562. The number of sulfone groups is 1. The molecule has 0 saturated carbocycles. The predicted octanol–water partition coefficient (Wildman–Crippen LogP) is 1.95. The first kappa shape index (κ1) is 14.6. The number of benzene rings is 1. The molecule has 1 fully saturated rings. The molecule has 0 radical (unpaired) electrons. The van der Waals surface area contributed by atoms with Gasteiger partial charge >= 0.3 is 0 Å². The Bertz CT molecular complexity index is 648. The lowest BCUT2D eigenvalue weighted by Gasteiger charge is -2.07. The number of hydrogen-bond acceptors (Lipinski definition) is 4. The first-order chi connectivity index (χ1) is 10.0. The molecule has 0 N–H and O–H groups in total. The lowest BCUT2D eigenvalue weighted by atomic mass is 9.97. The number of aryl methyl sites for hydroxylation is 1. The van der Waals surface area contributed by atoms with Crippen molar-refractivity contribution in [2.45, 2.75) is 32.1 Å². The Labute approximate surface area is 125 Å². The number of Topliss-reactive ketones (excluding diaryl/α,β-unsaturated/α-hetero) is 1. The van der Waals surface area contributed by atoms with Gasteiger partial charge in [0.1, 0.15) is 11.5 Å². The van der Waals surface area contributed by atoms with Gasteiger partial charge in [-0.05, 0) is 36.0 Å². The van der Waals surface area contributed by atoms with E-state index < -0.39 is 9.84 Å². The number of ether oxygens (including phenoxy) is 1. The van der Waals surface area contributed by atoms with E-state index in [4.69, 9.17) is 4.74 Å². The summed E-state index contributed by atoms with van der Waals surface area (Å²) >= 11 is 0. The molecule has 0 amide bonds. The second-order valence-corrected chi connectivity index (χ2v) is 8.28. The molecule has 3 rings (SSSR count). The molecule has 0 aromatic heterocycles. The minimum atomic E-state index is -2.88. The van der Waals surface area contributed by atoms with E-state index in [1.165, 1.54) is 5.56 Å². The Morgan fingerprint density at radius 1 is 1.33 bits per heavy atom. The Morgan fingerprint density at radius 3 is 2.95 bits per heavy atom. The first-order valence-corrected chi connectivity index (χ1v) is 9.31. The number of rotatable bonds is 5. The summed E-state index contributed by atoms with van der Waals surface area (Å²) in [5.41, 5.74) is 2.38. The Hall–Kier alpha value is -1.36. The van der Waals surface area contributed by atoms with Gasteiger partial charge in [0.05, 0.1) is 18.1 Å². The van der Waals surface area contributed by atoms with Crippen molar-refractivity contribution < 1.29 is 17.9 Å². The summed E-state index contributed by atoms with van der Waals surface area (Å²) < 4.78 is 28.2. The van der Waals surface area contributed by atoms with E-state index in [1.54, 1.807) is 0 Å². The van der Waals surface area contributed by atoms with Crippen molar-refractivity contribution in [1.29, 1.82) is 0 Å². The second-order valence-electron chi connectivity index (χ2n) is 6.05. The lowest BCUT2D eigenvalue weighted by molar-refractivity contribution is -0.119. The van der Waals surface area contributed by atoms with Crippen LogP contribution >= 0.6 is 0 Å². The molecule has 5 heteroatoms. The highest BCUT2D eigenvalue weighted by Crippen LogP contribution is 2.27. The normalized spacial score (nSPS) is 22.8. The summed E-state index contributed by atoms with van der Waals surface area (Å²) in [6.07, 6.45) is 3.22. The Kier molecular flexibility index (Phi) is 4.02. The predicted molar refractivity (Wildman–Crippen MR) is 80.3 cm³/mol.